The number of aliphatic hydroxyl groups excluding tert-OH is 1. The minimum Gasteiger partial charge on any atom is -0.468 e. The van der Waals surface area contributed by atoms with Gasteiger partial charge in [-0.1, -0.05) is 13.0 Å². The van der Waals surface area contributed by atoms with Crippen LogP contribution >= 0.6 is 0 Å². The summed E-state index contributed by atoms with van der Waals surface area (Å²) in [5, 5.41) is 22.6. The minimum absolute atomic E-state index is 0.220. The van der Waals surface area contributed by atoms with Crippen molar-refractivity contribution in [2.75, 3.05) is 27.4 Å². The van der Waals surface area contributed by atoms with E-state index in [0.29, 0.717) is 5.57 Å². The first-order chi connectivity index (χ1) is 16.0. The molecule has 11 nitrogen and oxygen atoms in total. The van der Waals surface area contributed by atoms with Gasteiger partial charge in [-0.2, -0.15) is 0 Å². The fourth-order valence-corrected chi connectivity index (χ4v) is 6.75. The second-order valence-electron chi connectivity index (χ2n) is 9.62. The van der Waals surface area contributed by atoms with Gasteiger partial charge in [-0.25, -0.2) is 9.59 Å². The molecule has 2 saturated carbocycles. The number of carbonyl (C=O) groups is 4. The molecule has 2 N–H and O–H groups in total. The molecule has 2 aliphatic carbocycles. The highest BCUT2D eigenvalue weighted by Gasteiger charge is 2.83. The zero-order chi connectivity index (χ0) is 25.2. The Labute approximate surface area is 196 Å². The summed E-state index contributed by atoms with van der Waals surface area (Å²) >= 11 is 0. The number of allylic oxidation sites excluding steroid dienone is 1. The van der Waals surface area contributed by atoms with E-state index in [0.717, 1.165) is 14.2 Å². The van der Waals surface area contributed by atoms with Gasteiger partial charge in [0.25, 0.3) is 5.79 Å². The lowest BCUT2D eigenvalue weighted by molar-refractivity contribution is -0.242. The molecule has 2 heterocycles. The summed E-state index contributed by atoms with van der Waals surface area (Å²) in [4.78, 5) is 52.1. The van der Waals surface area contributed by atoms with Crippen LogP contribution in [0.25, 0.3) is 0 Å². The first kappa shape index (κ1) is 24.8. The van der Waals surface area contributed by atoms with Crippen LogP contribution in [0.4, 0.5) is 0 Å². The van der Waals surface area contributed by atoms with Crippen LogP contribution in [0.3, 0.4) is 0 Å². The van der Waals surface area contributed by atoms with Crippen LogP contribution < -0.4 is 0 Å². The Morgan fingerprint density at radius 3 is 2.35 bits per heavy atom. The molecular weight excluding hydrogens is 452 g/mol. The third-order valence-corrected chi connectivity index (χ3v) is 8.39. The molecule has 2 aliphatic heterocycles. The van der Waals surface area contributed by atoms with Crippen molar-refractivity contribution in [1.29, 1.82) is 0 Å². The lowest BCUT2D eigenvalue weighted by Gasteiger charge is -2.59. The number of esters is 3. The summed E-state index contributed by atoms with van der Waals surface area (Å²) in [6.07, 6.45) is -2.33. The summed E-state index contributed by atoms with van der Waals surface area (Å²) in [7, 11) is 2.23. The summed E-state index contributed by atoms with van der Waals surface area (Å²) in [5.41, 5.74) is -2.82. The molecule has 4 rings (SSSR count). The van der Waals surface area contributed by atoms with E-state index in [9.17, 15) is 29.4 Å². The maximum absolute atomic E-state index is 13.4. The van der Waals surface area contributed by atoms with Crippen molar-refractivity contribution < 1.29 is 53.1 Å². The Morgan fingerprint density at radius 1 is 1.12 bits per heavy atom. The van der Waals surface area contributed by atoms with Crippen LogP contribution in [0.15, 0.2) is 11.6 Å². The van der Waals surface area contributed by atoms with Gasteiger partial charge in [0.15, 0.2) is 5.78 Å². The molecule has 0 aromatic carbocycles. The molecule has 0 radical (unpaired) electrons. The van der Waals surface area contributed by atoms with Gasteiger partial charge in [-0.05, 0) is 13.8 Å². The van der Waals surface area contributed by atoms with Crippen molar-refractivity contribution in [2.45, 2.75) is 51.3 Å². The molecule has 188 valence electrons. The second kappa shape index (κ2) is 8.11. The third-order valence-electron chi connectivity index (χ3n) is 8.39. The van der Waals surface area contributed by atoms with E-state index in [4.69, 9.17) is 23.7 Å². The van der Waals surface area contributed by atoms with E-state index >= 15 is 0 Å². The van der Waals surface area contributed by atoms with Crippen molar-refractivity contribution in [3.8, 4) is 0 Å². The summed E-state index contributed by atoms with van der Waals surface area (Å²) in [6, 6.07) is 0. The van der Waals surface area contributed by atoms with E-state index in [2.05, 4.69) is 0 Å². The Morgan fingerprint density at radius 2 is 1.76 bits per heavy atom. The van der Waals surface area contributed by atoms with Crippen molar-refractivity contribution in [1.82, 2.24) is 0 Å². The Kier molecular flexibility index (Phi) is 5.91. The maximum Gasteiger partial charge on any atom is 0.366 e. The number of carbonyl (C=O) groups excluding carboxylic acids is 4. The van der Waals surface area contributed by atoms with Gasteiger partial charge in [0.1, 0.15) is 17.6 Å². The van der Waals surface area contributed by atoms with Crippen LogP contribution in [-0.2, 0) is 42.9 Å². The highest BCUT2D eigenvalue weighted by atomic mass is 16.7. The van der Waals surface area contributed by atoms with Crippen LogP contribution in [0.1, 0.15) is 27.2 Å². The number of methoxy groups -OCH3 is 2. The predicted octanol–water partition coefficient (Wildman–Crippen LogP) is -0.483. The third kappa shape index (κ3) is 2.84. The SMILES string of the molecule is C/C=C(\C)C(=O)O[C@H]1C[C@@H](O)[C@@]2(C(=O)OC)CO[C@H]3C(=O)[C@@H](C)[C@H]4[C@]1(CO[C@]4(O)C(=O)OC)[C@@H]32. The molecule has 2 saturated heterocycles. The Hall–Kier alpha value is -2.34. The average Bonchev–Trinajstić information content (AvgIpc) is 3.39. The molecule has 1 spiro atoms. The number of hydrogen-bond donors (Lipinski definition) is 2. The lowest BCUT2D eigenvalue weighted by Crippen LogP contribution is -2.72. The van der Waals surface area contributed by atoms with Crippen molar-refractivity contribution in [2.24, 2.45) is 28.6 Å². The predicted molar refractivity (Wildman–Crippen MR) is 111 cm³/mol. The molecule has 11 heteroatoms. The largest absolute Gasteiger partial charge is 0.468 e. The van der Waals surface area contributed by atoms with E-state index < -0.39 is 76.4 Å². The summed E-state index contributed by atoms with van der Waals surface area (Å²) in [5.74, 6) is -8.91. The number of ether oxygens (including phenoxy) is 5. The summed E-state index contributed by atoms with van der Waals surface area (Å²) < 4.78 is 27.1. The van der Waals surface area contributed by atoms with Gasteiger partial charge in [0.05, 0.1) is 33.5 Å². The van der Waals surface area contributed by atoms with Crippen LogP contribution in [-0.4, -0.2) is 85.4 Å². The molecule has 4 aliphatic rings. The number of Topliss-reactive ketones (excluding diaryl/α,β-unsaturated/α-hetero) is 1. The number of ketones is 1. The molecule has 0 unspecified atom stereocenters. The van der Waals surface area contributed by atoms with Gasteiger partial charge >= 0.3 is 17.9 Å². The fraction of sp³-hybridized carbons (Fsp3) is 0.739. The van der Waals surface area contributed by atoms with E-state index in [1.54, 1.807) is 19.9 Å². The smallest absolute Gasteiger partial charge is 0.366 e. The number of rotatable bonds is 4. The molecule has 4 fully saturated rings. The van der Waals surface area contributed by atoms with Gasteiger partial charge in [0.2, 0.25) is 0 Å². The van der Waals surface area contributed by atoms with Gasteiger partial charge < -0.3 is 33.9 Å². The standard InChI is InChI=1S/C23H30O11/c1-6-10(2)18(26)34-13-7-12(24)21(19(27)30-4)8-32-15-14(25)11(3)16-22(13,17(15)21)9-33-23(16,29)20(28)31-5/h6,11-13,15-17,24,29H,7-9H2,1-5H3/b10-6+/t11-,12-,13+,15+,16+,17+,21+,22-,23+/m1/s1. The average molecular weight is 482 g/mol. The zero-order valence-corrected chi connectivity index (χ0v) is 19.7. The molecule has 0 amide bonds. The normalized spacial score (nSPS) is 45.3. The van der Waals surface area contributed by atoms with Crippen LogP contribution in [0, 0.1) is 28.6 Å². The van der Waals surface area contributed by atoms with E-state index in [1.807, 2.05) is 0 Å². The Bertz CT molecular complexity index is 959. The molecular formula is C23H30O11. The highest BCUT2D eigenvalue weighted by Crippen LogP contribution is 2.69. The van der Waals surface area contributed by atoms with Gasteiger partial charge in [-0.15, -0.1) is 0 Å². The van der Waals surface area contributed by atoms with Crippen LogP contribution in [0.5, 0.6) is 0 Å². The molecule has 9 atom stereocenters. The molecule has 0 aromatic rings. The first-order valence-electron chi connectivity index (χ1n) is 11.2. The van der Waals surface area contributed by atoms with E-state index in [1.165, 1.54) is 6.92 Å². The van der Waals surface area contributed by atoms with E-state index in [-0.39, 0.29) is 19.6 Å². The first-order valence-corrected chi connectivity index (χ1v) is 11.2. The zero-order valence-electron chi connectivity index (χ0n) is 19.7. The number of aliphatic hydroxyl groups is 2. The molecule has 34 heavy (non-hydrogen) atoms. The fourth-order valence-electron chi connectivity index (χ4n) is 6.75. The Balaban J connectivity index is 1.96. The van der Waals surface area contributed by atoms with Crippen molar-refractivity contribution in [3.63, 3.8) is 0 Å². The van der Waals surface area contributed by atoms with Gasteiger partial charge in [0, 0.05) is 35.2 Å². The summed E-state index contributed by atoms with van der Waals surface area (Å²) in [6.45, 7) is 4.08. The van der Waals surface area contributed by atoms with Crippen LogP contribution in [0.2, 0.25) is 0 Å². The second-order valence-corrected chi connectivity index (χ2v) is 9.62. The molecule has 0 aromatic heterocycles. The number of hydrogen-bond acceptors (Lipinski definition) is 11. The maximum atomic E-state index is 13.4. The monoisotopic (exact) mass is 482 g/mol. The highest BCUT2D eigenvalue weighted by molar-refractivity contribution is 5.92. The lowest BCUT2D eigenvalue weighted by atomic mass is 9.43. The topological polar surface area (TPSA) is 155 Å². The molecule has 0 bridgehead atoms. The van der Waals surface area contributed by atoms with Gasteiger partial charge in [-0.3, -0.25) is 9.59 Å². The minimum atomic E-state index is -2.54. The van der Waals surface area contributed by atoms with Crippen molar-refractivity contribution >= 4 is 23.7 Å². The van der Waals surface area contributed by atoms with Crippen molar-refractivity contribution in [3.05, 3.63) is 11.6 Å². The quantitative estimate of drug-likeness (QED) is 0.303.